The summed E-state index contributed by atoms with van der Waals surface area (Å²) in [5, 5.41) is 15.8. The molecule has 74 heavy (non-hydrogen) atoms. The van der Waals surface area contributed by atoms with E-state index >= 15 is 4.39 Å². The van der Waals surface area contributed by atoms with Crippen molar-refractivity contribution in [1.82, 2.24) is 20.4 Å². The smallest absolute Gasteiger partial charge is 0.693 e. The van der Waals surface area contributed by atoms with Crippen molar-refractivity contribution < 1.29 is 64.0 Å². The van der Waals surface area contributed by atoms with Gasteiger partial charge in [-0.1, -0.05) is 104 Å². The molecule has 7 N–H and O–H groups in total. The van der Waals surface area contributed by atoms with Crippen molar-refractivity contribution in [3.63, 3.8) is 0 Å². The Balaban J connectivity index is 0.000000244. The van der Waals surface area contributed by atoms with Gasteiger partial charge in [0.2, 0.25) is 17.7 Å². The van der Waals surface area contributed by atoms with E-state index in [1.807, 2.05) is 54.3 Å². The molecule has 4 aromatic carbocycles. The van der Waals surface area contributed by atoms with Gasteiger partial charge in [-0.3, -0.25) is 33.8 Å². The van der Waals surface area contributed by atoms with Crippen LogP contribution in [0, 0.1) is 23.7 Å². The van der Waals surface area contributed by atoms with Gasteiger partial charge in [0.25, 0.3) is 0 Å². The summed E-state index contributed by atoms with van der Waals surface area (Å²) in [6.07, 6.45) is 11.4. The summed E-state index contributed by atoms with van der Waals surface area (Å²) < 4.78 is 25.9. The fourth-order valence-electron chi connectivity index (χ4n) is 9.70. The molecule has 1 unspecified atom stereocenters. The first-order valence-corrected chi connectivity index (χ1v) is 25.8. The van der Waals surface area contributed by atoms with Crippen LogP contribution in [-0.4, -0.2) is 117 Å². The number of halogens is 2. The molecule has 15 nitrogen and oxygen atoms in total. The Morgan fingerprint density at radius 1 is 0.919 bits per heavy atom. The first-order chi connectivity index (χ1) is 34.8. The van der Waals surface area contributed by atoms with Gasteiger partial charge in [-0.15, -0.1) is 17.7 Å². The van der Waals surface area contributed by atoms with Gasteiger partial charge >= 0.3 is 27.1 Å². The standard InChI is InChI=1S/C25H26ClFNO2.C19H33N3O2.C12H12N2O4.H2N.W/c1-2-7-19(29)16-30-24-11-6-10-20(25(24)27)21-14-18(12-13-23(21)26)22(15-28)17-8-4-3-5-9-17;1-21-11-7-16(8-12-21)19(24)22-13-9-15(10-14-22)18(23)20-17-5-3-2-4-6-17;1-18-10-3-2-8(7-15)6-9(10)14-5-4-11(16)13-12(14)17;;/h3-6,8-9,11-14,19,22,29H,2,7,15-16,28H2,1H3;15-17H,2-14H2,1H3,(H,20,23);2-3,6-7H,4-5H2,1H3,(H,13,16,17);1H2;/q-1;;;-1;+2/t19-,22?;;;;/m0..../s1. The van der Waals surface area contributed by atoms with E-state index in [2.05, 4.69) is 28.6 Å². The van der Waals surface area contributed by atoms with Crippen molar-refractivity contribution >= 4 is 47.3 Å². The third-order valence-electron chi connectivity index (χ3n) is 13.9. The Labute approximate surface area is 455 Å². The number of aldehydes is 1. The quantitative estimate of drug-likeness (QED) is 0.0653. The van der Waals surface area contributed by atoms with E-state index in [1.54, 1.807) is 30.3 Å². The van der Waals surface area contributed by atoms with Crippen LogP contribution in [0.1, 0.15) is 111 Å². The van der Waals surface area contributed by atoms with Crippen molar-refractivity contribution in [2.75, 3.05) is 64.9 Å². The van der Waals surface area contributed by atoms with Crippen LogP contribution in [0.4, 0.5) is 14.9 Å². The van der Waals surface area contributed by atoms with E-state index in [9.17, 15) is 29.1 Å². The number of nitrogens with zero attached hydrogens (tertiary/aromatic N) is 3. The average Bonchev–Trinajstić information content (AvgIpc) is 3.40. The number of nitrogens with two attached hydrogens (primary N) is 2. The second-order valence-corrected chi connectivity index (χ2v) is 19.5. The number of aliphatic hydroxyl groups is 1. The van der Waals surface area contributed by atoms with Crippen LogP contribution >= 0.6 is 11.6 Å². The van der Waals surface area contributed by atoms with Crippen LogP contribution in [0.25, 0.3) is 17.3 Å². The van der Waals surface area contributed by atoms with E-state index in [-0.39, 0.29) is 87.7 Å². The molecule has 5 amide bonds. The zero-order valence-corrected chi connectivity index (χ0v) is 46.6. The molecule has 8 rings (SSSR count). The zero-order valence-electron chi connectivity index (χ0n) is 42.9. The van der Waals surface area contributed by atoms with Crippen LogP contribution in [0.2, 0.25) is 5.02 Å². The summed E-state index contributed by atoms with van der Waals surface area (Å²) in [4.78, 5) is 64.4. The van der Waals surface area contributed by atoms with Gasteiger partial charge < -0.3 is 41.6 Å². The largest absolute Gasteiger partial charge is 2.00 e. The molecule has 0 radical (unpaired) electrons. The molecule has 4 fully saturated rings. The van der Waals surface area contributed by atoms with Crippen LogP contribution in [0.15, 0.2) is 78.9 Å². The molecule has 4 aliphatic rings. The number of benzene rings is 4. The van der Waals surface area contributed by atoms with E-state index < -0.39 is 18.0 Å². The van der Waals surface area contributed by atoms with Crippen molar-refractivity contribution in [3.05, 3.63) is 119 Å². The maximum atomic E-state index is 15.2. The number of carbonyl (C=O) groups excluding carboxylic acids is 5. The number of hydrogen-bond donors (Lipinski definition) is 4. The second-order valence-electron chi connectivity index (χ2n) is 19.0. The Hall–Kier alpha value is -5.22. The molecular weight excluding hydrogens is 1140 g/mol. The fraction of sp³-hybridized carbons (Fsp3) is 0.482. The number of urea groups is 1. The van der Waals surface area contributed by atoms with Crippen molar-refractivity contribution in [3.8, 4) is 22.6 Å². The number of aliphatic hydroxyl groups excluding tert-OH is 1. The minimum atomic E-state index is -0.634. The van der Waals surface area contributed by atoms with Gasteiger partial charge in [0, 0.05) is 67.0 Å². The number of hydrogen-bond acceptors (Lipinski definition) is 10. The van der Waals surface area contributed by atoms with Crippen molar-refractivity contribution in [2.24, 2.45) is 17.6 Å². The van der Waals surface area contributed by atoms with Gasteiger partial charge in [-0.2, -0.15) is 0 Å². The van der Waals surface area contributed by atoms with Crippen LogP contribution < -0.4 is 30.7 Å². The molecule has 400 valence electrons. The Morgan fingerprint density at radius 2 is 1.61 bits per heavy atom. The summed E-state index contributed by atoms with van der Waals surface area (Å²) >= 11 is 6.42. The maximum Gasteiger partial charge on any atom is 2.00 e. The number of piperidine rings is 2. The molecule has 18 heteroatoms. The summed E-state index contributed by atoms with van der Waals surface area (Å²) in [6.45, 7) is 6.25. The molecular formula is C56H73ClFN7O8W. The van der Waals surface area contributed by atoms with Gasteiger partial charge in [0.05, 0.1) is 30.5 Å². The number of ether oxygens (including phenoxy) is 2. The normalized spacial score (nSPS) is 17.3. The molecule has 3 saturated heterocycles. The van der Waals surface area contributed by atoms with E-state index in [4.69, 9.17) is 26.8 Å². The van der Waals surface area contributed by atoms with Crippen LogP contribution in [-0.2, 0) is 35.4 Å². The Bertz CT molecular complexity index is 2430. The molecule has 1 aliphatic carbocycles. The maximum absolute atomic E-state index is 15.2. The van der Waals surface area contributed by atoms with Gasteiger partial charge in [0.1, 0.15) is 18.6 Å². The summed E-state index contributed by atoms with van der Waals surface area (Å²) in [5.41, 5.74) is 9.76. The number of anilines is 1. The number of likely N-dealkylation sites (tertiary alicyclic amines) is 2. The molecule has 3 aliphatic heterocycles. The molecule has 2 atom stereocenters. The molecule has 0 spiro atoms. The van der Waals surface area contributed by atoms with Gasteiger partial charge in [0.15, 0.2) is 0 Å². The summed E-state index contributed by atoms with van der Waals surface area (Å²) in [6, 6.07) is 26.2. The molecule has 1 saturated carbocycles. The SMILES string of the molecule is CCC[C@H](O)COc1cc[c-]c(-c2cc(C(CN)c3ccccc3)ccc2Cl)c1F.CN1CCC(C(=O)N2CCC(C(=O)NC3CCCCC3)CC2)CC1.COc1ccc(C=O)cc1N1CCC(=O)NC1=O.[NH2-].[W+2]. The number of carbonyl (C=O) groups is 5. The minimum absolute atomic E-state index is 0. The second kappa shape index (κ2) is 31.0. The van der Waals surface area contributed by atoms with Crippen molar-refractivity contribution in [1.29, 1.82) is 0 Å². The predicted octanol–water partition coefficient (Wildman–Crippen LogP) is 9.26. The van der Waals surface area contributed by atoms with Gasteiger partial charge in [-0.05, 0) is 94.4 Å². The Morgan fingerprint density at radius 3 is 2.24 bits per heavy atom. The number of nitrogens with one attached hydrogen (secondary N) is 2. The van der Waals surface area contributed by atoms with Crippen LogP contribution in [0.3, 0.4) is 0 Å². The van der Waals surface area contributed by atoms with Gasteiger partial charge in [-0.25, -0.2) is 4.79 Å². The Kier molecular flexibility index (Phi) is 25.7. The number of rotatable bonds is 15. The third-order valence-corrected chi connectivity index (χ3v) is 14.3. The molecule has 0 bridgehead atoms. The average molecular weight is 1210 g/mol. The van der Waals surface area contributed by atoms with Crippen LogP contribution in [0.5, 0.6) is 11.5 Å². The minimum Gasteiger partial charge on any atom is -0.693 e. The first-order valence-electron chi connectivity index (χ1n) is 25.4. The number of amides is 5. The topological polar surface area (TPSA) is 217 Å². The molecule has 4 aromatic rings. The molecule has 0 aromatic heterocycles. The number of methoxy groups -OCH3 is 1. The fourth-order valence-corrected chi connectivity index (χ4v) is 9.91. The molecule has 3 heterocycles. The summed E-state index contributed by atoms with van der Waals surface area (Å²) in [5.74, 6) is 0.522. The number of imide groups is 1. The summed E-state index contributed by atoms with van der Waals surface area (Å²) in [7, 11) is 3.60. The third kappa shape index (κ3) is 17.2. The van der Waals surface area contributed by atoms with Crippen molar-refractivity contribution in [2.45, 2.75) is 102 Å². The van der Waals surface area contributed by atoms with E-state index in [0.29, 0.717) is 58.8 Å². The monoisotopic (exact) mass is 1210 g/mol. The first kappa shape index (κ1) is 61.3. The predicted molar refractivity (Wildman–Crippen MR) is 283 cm³/mol. The zero-order chi connectivity index (χ0) is 51.6. The van der Waals surface area contributed by atoms with E-state index in [0.717, 1.165) is 82.3 Å². The van der Waals surface area contributed by atoms with E-state index in [1.165, 1.54) is 37.3 Å².